The highest BCUT2D eigenvalue weighted by Gasteiger charge is 2.26. The average Bonchev–Trinajstić information content (AvgIpc) is 3.12. The van der Waals surface area contributed by atoms with Gasteiger partial charge < -0.3 is 10.0 Å². The van der Waals surface area contributed by atoms with Crippen LogP contribution in [0, 0.1) is 5.92 Å². The summed E-state index contributed by atoms with van der Waals surface area (Å²) in [6, 6.07) is 11.6. The van der Waals surface area contributed by atoms with E-state index >= 15 is 0 Å². The van der Waals surface area contributed by atoms with Gasteiger partial charge in [-0.05, 0) is 68.0 Å². The van der Waals surface area contributed by atoms with Crippen molar-refractivity contribution in [1.29, 1.82) is 0 Å². The number of halogens is 1. The van der Waals surface area contributed by atoms with E-state index in [-0.39, 0.29) is 17.4 Å². The first kappa shape index (κ1) is 26.1. The number of piperidine rings is 1. The third kappa shape index (κ3) is 4.98. The molecule has 1 saturated heterocycles. The van der Waals surface area contributed by atoms with Gasteiger partial charge in [-0.2, -0.15) is 0 Å². The van der Waals surface area contributed by atoms with Gasteiger partial charge in [0.25, 0.3) is 5.56 Å². The smallest absolute Gasteiger partial charge is 0.274 e. The predicted molar refractivity (Wildman–Crippen MR) is 148 cm³/mol. The quantitative estimate of drug-likeness (QED) is 0.402. The minimum atomic E-state index is -1.13. The zero-order valence-electron chi connectivity index (χ0n) is 22.1. The number of carbonyl (C=O) groups is 1. The van der Waals surface area contributed by atoms with Gasteiger partial charge in [-0.3, -0.25) is 19.0 Å². The Hall–Kier alpha value is -3.49. The minimum Gasteiger partial charge on any atom is -0.382 e. The van der Waals surface area contributed by atoms with E-state index in [0.29, 0.717) is 29.2 Å². The summed E-state index contributed by atoms with van der Waals surface area (Å²) in [5.74, 6) is 0.515. The first-order valence-corrected chi connectivity index (χ1v) is 13.2. The van der Waals surface area contributed by atoms with Crippen LogP contribution >= 0.6 is 11.6 Å². The molecule has 1 fully saturated rings. The molecule has 1 aliphatic rings. The third-order valence-electron chi connectivity index (χ3n) is 7.38. The maximum Gasteiger partial charge on any atom is 0.274 e. The zero-order chi connectivity index (χ0) is 27.2. The molecule has 5 rings (SSSR count). The van der Waals surface area contributed by atoms with Crippen LogP contribution in [0.2, 0.25) is 5.02 Å². The number of benzene rings is 2. The molecule has 0 bridgehead atoms. The van der Waals surface area contributed by atoms with Gasteiger partial charge in [0.2, 0.25) is 5.91 Å². The Morgan fingerprint density at radius 1 is 1.05 bits per heavy atom. The highest BCUT2D eigenvalue weighted by atomic mass is 35.5. The molecule has 1 aliphatic heterocycles. The molecule has 8 nitrogen and oxygen atoms in total. The van der Waals surface area contributed by atoms with Crippen molar-refractivity contribution in [3.8, 4) is 11.1 Å². The predicted octanol–water partition coefficient (Wildman–Crippen LogP) is 4.14. The Labute approximate surface area is 226 Å². The molecule has 2 aromatic heterocycles. The number of hydrogen-bond donors (Lipinski definition) is 1. The topological polar surface area (TPSA) is 93.2 Å². The van der Waals surface area contributed by atoms with Gasteiger partial charge in [0.1, 0.15) is 5.60 Å². The summed E-state index contributed by atoms with van der Waals surface area (Å²) >= 11 is 6.62. The number of nitrogens with zero attached hydrogens (tertiary/aromatic N) is 5. The lowest BCUT2D eigenvalue weighted by molar-refractivity contribution is -0.136. The van der Waals surface area contributed by atoms with Gasteiger partial charge in [0.05, 0.1) is 17.4 Å². The van der Waals surface area contributed by atoms with Crippen LogP contribution in [0.25, 0.3) is 22.0 Å². The van der Waals surface area contributed by atoms with E-state index in [9.17, 15) is 14.7 Å². The Kier molecular flexibility index (Phi) is 6.88. The molecule has 0 spiro atoms. The summed E-state index contributed by atoms with van der Waals surface area (Å²) in [7, 11) is 3.61. The van der Waals surface area contributed by atoms with Gasteiger partial charge in [-0.25, -0.2) is 9.97 Å². The van der Waals surface area contributed by atoms with Gasteiger partial charge in [0.15, 0.2) is 5.82 Å². The van der Waals surface area contributed by atoms with E-state index in [4.69, 9.17) is 11.6 Å². The fourth-order valence-corrected chi connectivity index (χ4v) is 5.34. The van der Waals surface area contributed by atoms with Crippen LogP contribution in [0.3, 0.4) is 0 Å². The van der Waals surface area contributed by atoms with Crippen molar-refractivity contribution < 1.29 is 9.90 Å². The maximum absolute atomic E-state index is 13.0. The van der Waals surface area contributed by atoms with Crippen LogP contribution < -0.4 is 5.56 Å². The molecule has 3 heterocycles. The summed E-state index contributed by atoms with van der Waals surface area (Å²) in [6.45, 7) is 4.50. The maximum atomic E-state index is 13.0. The molecule has 1 atom stereocenters. The highest BCUT2D eigenvalue weighted by Crippen LogP contribution is 2.28. The molecule has 2 aromatic carbocycles. The molecule has 38 heavy (non-hydrogen) atoms. The van der Waals surface area contributed by atoms with Crippen molar-refractivity contribution in [2.24, 2.45) is 13.0 Å². The molecule has 0 saturated carbocycles. The third-order valence-corrected chi connectivity index (χ3v) is 7.75. The second kappa shape index (κ2) is 10.0. The number of aromatic nitrogens is 4. The van der Waals surface area contributed by atoms with Crippen LogP contribution in [-0.4, -0.2) is 48.8 Å². The number of aliphatic hydroxyl groups is 1. The number of rotatable bonds is 6. The van der Waals surface area contributed by atoms with E-state index < -0.39 is 5.60 Å². The van der Waals surface area contributed by atoms with Gasteiger partial charge >= 0.3 is 0 Å². The van der Waals surface area contributed by atoms with Crippen molar-refractivity contribution in [2.45, 2.75) is 45.3 Å². The number of likely N-dealkylation sites (tertiary alicyclic amines) is 1. The first-order chi connectivity index (χ1) is 18.0. The van der Waals surface area contributed by atoms with E-state index in [1.54, 1.807) is 38.0 Å². The van der Waals surface area contributed by atoms with Crippen molar-refractivity contribution in [2.75, 3.05) is 13.6 Å². The minimum absolute atomic E-state index is 0.0212. The summed E-state index contributed by atoms with van der Waals surface area (Å²) < 4.78 is 3.52. The fourth-order valence-electron chi connectivity index (χ4n) is 5.17. The fraction of sp³-hybridized carbons (Fsp3) is 0.379. The number of carbonyl (C=O) groups excluding carboxylic acids is 1. The molecule has 0 radical (unpaired) electrons. The van der Waals surface area contributed by atoms with Crippen LogP contribution in [0.5, 0.6) is 0 Å². The van der Waals surface area contributed by atoms with Gasteiger partial charge in [-0.15, -0.1) is 0 Å². The molecule has 1 unspecified atom stereocenters. The SMILES string of the molecule is CN1CCCC(Cc2ccc(Cl)c(Cn3c4cc(-c5cnc(C(C)(C)O)nc5)ccc4c(=O)n3C)c2)C1=O. The normalized spacial score (nSPS) is 16.4. The van der Waals surface area contributed by atoms with E-state index in [1.165, 1.54) is 0 Å². The summed E-state index contributed by atoms with van der Waals surface area (Å²) in [6.07, 6.45) is 5.93. The monoisotopic (exact) mass is 533 g/mol. The summed E-state index contributed by atoms with van der Waals surface area (Å²) in [5, 5.41) is 11.4. The number of hydrogen-bond acceptors (Lipinski definition) is 5. The molecule has 1 amide bonds. The van der Waals surface area contributed by atoms with Crippen LogP contribution in [0.15, 0.2) is 53.6 Å². The molecular weight excluding hydrogens is 502 g/mol. The lowest BCUT2D eigenvalue weighted by atomic mass is 9.90. The highest BCUT2D eigenvalue weighted by molar-refractivity contribution is 6.31. The van der Waals surface area contributed by atoms with Crippen molar-refractivity contribution in [1.82, 2.24) is 24.2 Å². The van der Waals surface area contributed by atoms with Crippen LogP contribution in [0.1, 0.15) is 43.6 Å². The standard InChI is InChI=1S/C29H32ClN5O3/c1-29(2,38)28-31-15-22(16-32-28)19-8-9-23-25(14-19)35(34(4)27(23)37)17-21-13-18(7-10-24(21)30)12-20-6-5-11-33(3)26(20)36/h7-10,13-16,20,38H,5-6,11-12,17H2,1-4H3. The lowest BCUT2D eigenvalue weighted by Gasteiger charge is -2.29. The van der Waals surface area contributed by atoms with Crippen LogP contribution in [-0.2, 0) is 30.4 Å². The Morgan fingerprint density at radius 3 is 2.50 bits per heavy atom. The number of amides is 1. The first-order valence-electron chi connectivity index (χ1n) is 12.8. The molecule has 9 heteroatoms. The van der Waals surface area contributed by atoms with Crippen molar-refractivity contribution >= 4 is 28.4 Å². The van der Waals surface area contributed by atoms with Gasteiger partial charge in [-0.1, -0.05) is 29.8 Å². The Morgan fingerprint density at radius 2 is 1.79 bits per heavy atom. The summed E-state index contributed by atoms with van der Waals surface area (Å²) in [4.78, 5) is 36.1. The largest absolute Gasteiger partial charge is 0.382 e. The second-order valence-electron chi connectivity index (χ2n) is 10.7. The molecule has 4 aromatic rings. The molecule has 1 N–H and O–H groups in total. The second-order valence-corrected chi connectivity index (χ2v) is 11.1. The van der Waals surface area contributed by atoms with Gasteiger partial charge in [0, 0.05) is 49.5 Å². The average molecular weight is 534 g/mol. The van der Waals surface area contributed by atoms with E-state index in [1.807, 2.05) is 53.0 Å². The molecule has 198 valence electrons. The Bertz CT molecular complexity index is 1570. The Balaban J connectivity index is 1.48. The molecular formula is C29H32ClN5O3. The number of fused-ring (bicyclic) bond motifs is 1. The van der Waals surface area contributed by atoms with E-state index in [0.717, 1.165) is 47.2 Å². The molecule has 0 aliphatic carbocycles. The lowest BCUT2D eigenvalue weighted by Crippen LogP contribution is -2.39. The van der Waals surface area contributed by atoms with Crippen LogP contribution in [0.4, 0.5) is 0 Å². The van der Waals surface area contributed by atoms with Crippen molar-refractivity contribution in [3.05, 3.63) is 81.1 Å². The summed E-state index contributed by atoms with van der Waals surface area (Å²) in [5.41, 5.74) is 3.14. The van der Waals surface area contributed by atoms with Crippen molar-refractivity contribution in [3.63, 3.8) is 0 Å². The van der Waals surface area contributed by atoms with E-state index in [2.05, 4.69) is 9.97 Å². The zero-order valence-corrected chi connectivity index (χ0v) is 22.9.